The number of quaternary nitrogens is 1. The van der Waals surface area contributed by atoms with Gasteiger partial charge in [0.25, 0.3) is 11.8 Å². The van der Waals surface area contributed by atoms with Crippen molar-refractivity contribution in [3.63, 3.8) is 0 Å². The van der Waals surface area contributed by atoms with Gasteiger partial charge in [-0.15, -0.1) is 23.1 Å². The highest BCUT2D eigenvalue weighted by atomic mass is 32.2. The number of ether oxygens (including phenoxy) is 8. The molecule has 0 saturated carbocycles. The van der Waals surface area contributed by atoms with Crippen LogP contribution in [0.5, 0.6) is 28.7 Å². The van der Waals surface area contributed by atoms with Crippen LogP contribution in [0.4, 0.5) is 14.3 Å². The average Bonchev–Trinajstić information content (AvgIpc) is 1.65. The number of oxime groups is 1. The number of esters is 2. The van der Waals surface area contributed by atoms with Gasteiger partial charge in [0.1, 0.15) is 84.2 Å². The molecular formula is C66H77FN7O15S2+. The van der Waals surface area contributed by atoms with E-state index in [-0.39, 0.29) is 84.1 Å². The third-order valence-corrected chi connectivity index (χ3v) is 17.3. The van der Waals surface area contributed by atoms with E-state index in [1.54, 1.807) is 128 Å². The summed E-state index contributed by atoms with van der Waals surface area (Å²) in [6, 6.07) is 21.7. The Bertz CT molecular complexity index is 3810. The number of thiazole rings is 1. The normalized spacial score (nSPS) is 16.5. The van der Waals surface area contributed by atoms with E-state index in [9.17, 15) is 24.0 Å². The number of thioether (sulfide) groups is 1. The summed E-state index contributed by atoms with van der Waals surface area (Å²) in [7, 11) is 4.68. The summed E-state index contributed by atoms with van der Waals surface area (Å²) >= 11 is 2.28. The Morgan fingerprint density at radius 2 is 1.34 bits per heavy atom. The van der Waals surface area contributed by atoms with Crippen LogP contribution in [0.1, 0.15) is 103 Å². The third-order valence-electron chi connectivity index (χ3n) is 15.2. The molecule has 2 saturated heterocycles. The summed E-state index contributed by atoms with van der Waals surface area (Å²) in [5.74, 6) is -1.89. The zero-order valence-electron chi connectivity index (χ0n) is 53.1. The first-order valence-corrected chi connectivity index (χ1v) is 31.6. The van der Waals surface area contributed by atoms with Gasteiger partial charge in [0.15, 0.2) is 33.6 Å². The molecule has 2 aromatic heterocycles. The second-order valence-corrected chi connectivity index (χ2v) is 26.7. The van der Waals surface area contributed by atoms with Crippen LogP contribution in [0, 0.1) is 5.82 Å². The molecule has 0 spiro atoms. The number of carbonyl (C=O) groups excluding carboxylic acids is 5. The predicted molar refractivity (Wildman–Crippen MR) is 341 cm³/mol. The summed E-state index contributed by atoms with van der Waals surface area (Å²) in [5.41, 5.74) is -1.15. The van der Waals surface area contributed by atoms with E-state index in [2.05, 4.69) is 20.8 Å². The molecule has 3 aliphatic heterocycles. The van der Waals surface area contributed by atoms with Crippen molar-refractivity contribution in [1.29, 1.82) is 0 Å². The van der Waals surface area contributed by atoms with Gasteiger partial charge in [0.2, 0.25) is 5.60 Å². The lowest BCUT2D eigenvalue weighted by Crippen LogP contribution is -2.71. The van der Waals surface area contributed by atoms with Gasteiger partial charge in [-0.25, -0.2) is 23.8 Å². The van der Waals surface area contributed by atoms with Crippen LogP contribution in [0.15, 0.2) is 112 Å². The summed E-state index contributed by atoms with van der Waals surface area (Å²) in [6.45, 7) is 16.6. The number of aromatic nitrogens is 2. The Morgan fingerprint density at radius 3 is 1.90 bits per heavy atom. The monoisotopic (exact) mass is 1290 g/mol. The van der Waals surface area contributed by atoms with Crippen LogP contribution in [0.3, 0.4) is 0 Å². The molecular weight excluding hydrogens is 1210 g/mol. The lowest BCUT2D eigenvalue weighted by atomic mass is 10.0. The van der Waals surface area contributed by atoms with Crippen molar-refractivity contribution in [2.45, 2.75) is 136 Å². The number of β-lactam (4-membered cyclic amide) rings is 1. The topological polar surface area (TPSA) is 243 Å². The number of carbonyl (C=O) groups is 5. The highest BCUT2D eigenvalue weighted by molar-refractivity contribution is 8.00. The number of aryl methyl sites for hydroxylation is 1. The highest BCUT2D eigenvalue weighted by Crippen LogP contribution is 2.43. The average molecular weight is 1290 g/mol. The molecule has 484 valence electrons. The minimum Gasteiger partial charge on any atom is -0.497 e. The maximum atomic E-state index is 17.4. The van der Waals surface area contributed by atoms with E-state index in [1.807, 2.05) is 31.2 Å². The number of amides is 3. The zero-order valence-corrected chi connectivity index (χ0v) is 54.8. The molecule has 2 fully saturated rings. The Morgan fingerprint density at radius 1 is 0.769 bits per heavy atom. The minimum absolute atomic E-state index is 0.0122. The fourth-order valence-electron chi connectivity index (χ4n) is 10.6. The lowest BCUT2D eigenvalue weighted by molar-refractivity contribution is -0.925. The second kappa shape index (κ2) is 27.8. The Balaban J connectivity index is 1.04. The molecule has 3 amide bonds. The second-order valence-electron chi connectivity index (χ2n) is 24.7. The maximum absolute atomic E-state index is 17.4. The zero-order chi connectivity index (χ0) is 65.6. The molecule has 5 heterocycles. The number of benzene rings is 4. The Hall–Kier alpha value is -8.68. The number of rotatable bonds is 24. The van der Waals surface area contributed by atoms with Crippen LogP contribution < -0.4 is 39.7 Å². The molecule has 91 heavy (non-hydrogen) atoms. The molecule has 25 heteroatoms. The molecule has 6 aromatic rings. The van der Waals surface area contributed by atoms with E-state index in [0.29, 0.717) is 51.5 Å². The molecule has 0 bridgehead atoms. The smallest absolute Gasteiger partial charge is 0.413 e. The predicted octanol–water partition coefficient (Wildman–Crippen LogP) is 10.2. The van der Waals surface area contributed by atoms with Crippen molar-refractivity contribution >= 4 is 74.7 Å². The summed E-state index contributed by atoms with van der Waals surface area (Å²) in [5, 5.41) is 10.2. The number of pyridine rings is 1. The minimum atomic E-state index is -1.72. The largest absolute Gasteiger partial charge is 0.497 e. The molecule has 22 nitrogen and oxygen atoms in total. The molecule has 0 unspecified atom stereocenters. The lowest BCUT2D eigenvalue weighted by Gasteiger charge is -2.50. The standard InChI is InChI=1S/C66H76FN7O15S2/c1-13-72-31-42(55(75)47-30-49(84-34-39-16-22-44(81-10)23-17-39)56(50(67)54(47)72)85-35-40-18-24-45(82-11)25-19-40)32-74(28-14-15-29-74)33-43-37-90-59-52(58(77)73(59)53(43)60(78)86-36-41-20-26-46(83-12)27-21-41)69-57(76)51(71-89-66(8,9)61(79)87-64(2,3)4)48-38-91-62(68-48)70-63(80)88-65(5,6)7/h16-27,30-31,38,52,59H,13-15,28-29,32-37H2,1-12H3,(H-,68,69,70,76,80)/p+1/b71-51-/t52-,59-/m1/s1. The Labute approximate surface area is 535 Å². The summed E-state index contributed by atoms with van der Waals surface area (Å²) in [4.78, 5) is 96.9. The first kappa shape index (κ1) is 66.7. The number of hydrogen-bond donors (Lipinski definition) is 2. The van der Waals surface area contributed by atoms with Crippen LogP contribution in [0.2, 0.25) is 0 Å². The van der Waals surface area contributed by atoms with Gasteiger partial charge in [0.05, 0.1) is 50.9 Å². The summed E-state index contributed by atoms with van der Waals surface area (Å²) < 4.78 is 65.0. The van der Waals surface area contributed by atoms with E-state index in [4.69, 9.17) is 42.7 Å². The molecule has 2 N–H and O–H groups in total. The van der Waals surface area contributed by atoms with Crippen LogP contribution in [-0.2, 0) is 71.1 Å². The molecule has 0 aliphatic carbocycles. The van der Waals surface area contributed by atoms with E-state index < -0.39 is 75.0 Å². The fourth-order valence-corrected chi connectivity index (χ4v) is 12.6. The molecule has 0 radical (unpaired) electrons. The van der Waals surface area contributed by atoms with Crippen LogP contribution >= 0.6 is 23.1 Å². The van der Waals surface area contributed by atoms with Crippen molar-refractivity contribution in [3.05, 3.63) is 146 Å². The fraction of sp³-hybridized carbons (Fsp3) is 0.424. The Kier molecular flexibility index (Phi) is 20.4. The SMILES string of the molecule is CCn1cc(C[N+]2(CC3=C(C(=O)OCc4ccc(OC)cc4)N4C(=O)[C@@H](NC(=O)/C(=N\OC(C)(C)C(=O)OC(C)(C)C)c5csc(NC(=O)OC(C)(C)C)n5)[C@H]4SC3)CCCC2)c(=O)c2cc(OCc3ccc(OC)cc3)c(OCc3ccc(OC)cc3)c(F)c21. The number of methoxy groups -OCH3 is 3. The van der Waals surface area contributed by atoms with Gasteiger partial charge in [-0.05, 0) is 121 Å². The first-order valence-electron chi connectivity index (χ1n) is 29.7. The number of anilines is 1. The van der Waals surface area contributed by atoms with Crippen molar-refractivity contribution in [2.75, 3.05) is 52.0 Å². The quantitative estimate of drug-likeness (QED) is 0.0143. The number of nitrogens with zero attached hydrogens (tertiary/aromatic N) is 5. The van der Waals surface area contributed by atoms with Crippen LogP contribution in [-0.4, -0.2) is 129 Å². The van der Waals surface area contributed by atoms with Gasteiger partial charge >= 0.3 is 18.0 Å². The first-order chi connectivity index (χ1) is 43.2. The van der Waals surface area contributed by atoms with Gasteiger partial charge < -0.3 is 57.1 Å². The van der Waals surface area contributed by atoms with E-state index in [1.165, 1.54) is 35.9 Å². The highest BCUT2D eigenvalue weighted by Gasteiger charge is 2.56. The van der Waals surface area contributed by atoms with Gasteiger partial charge in [-0.1, -0.05) is 41.6 Å². The number of hydrogen-bond acceptors (Lipinski definition) is 19. The number of fused-ring (bicyclic) bond motifs is 2. The van der Waals surface area contributed by atoms with Crippen molar-refractivity contribution in [3.8, 4) is 28.7 Å². The van der Waals surface area contributed by atoms with Gasteiger partial charge in [-0.3, -0.25) is 24.6 Å². The molecule has 2 atom stereocenters. The molecule has 9 rings (SSSR count). The maximum Gasteiger partial charge on any atom is 0.413 e. The third kappa shape index (κ3) is 15.9. The van der Waals surface area contributed by atoms with Crippen molar-refractivity contribution in [1.82, 2.24) is 19.8 Å². The van der Waals surface area contributed by atoms with E-state index in [0.717, 1.165) is 35.3 Å². The van der Waals surface area contributed by atoms with Crippen LogP contribution in [0.25, 0.3) is 10.9 Å². The summed E-state index contributed by atoms with van der Waals surface area (Å²) in [6.07, 6.45) is 2.48. The van der Waals surface area contributed by atoms with E-state index >= 15 is 9.18 Å². The van der Waals surface area contributed by atoms with Gasteiger partial charge in [0, 0.05) is 42.3 Å². The van der Waals surface area contributed by atoms with Crippen molar-refractivity contribution < 1.29 is 75.6 Å². The van der Waals surface area contributed by atoms with Gasteiger partial charge in [-0.2, -0.15) is 0 Å². The number of nitrogens with one attached hydrogen (secondary N) is 2. The number of likely N-dealkylation sites (tertiary alicyclic amines) is 1. The number of halogens is 1. The molecule has 3 aliphatic rings. The van der Waals surface area contributed by atoms with Crippen molar-refractivity contribution in [2.24, 2.45) is 5.16 Å². The molecule has 4 aromatic carbocycles.